The summed E-state index contributed by atoms with van der Waals surface area (Å²) in [6.45, 7) is 1.27. The van der Waals surface area contributed by atoms with Crippen molar-refractivity contribution in [2.45, 2.75) is 6.42 Å². The Balaban J connectivity index is 2.46. The smallest absolute Gasteiger partial charge is 0.211 e. The van der Waals surface area contributed by atoms with E-state index in [1.165, 1.54) is 0 Å². The zero-order valence-corrected chi connectivity index (χ0v) is 5.58. The molecule has 1 fully saturated rings. The van der Waals surface area contributed by atoms with Gasteiger partial charge in [0.05, 0.1) is 18.9 Å². The molecule has 0 radical (unpaired) electrons. The van der Waals surface area contributed by atoms with Gasteiger partial charge in [-0.05, 0) is 0 Å². The van der Waals surface area contributed by atoms with Crippen molar-refractivity contribution in [2.75, 3.05) is 13.2 Å². The Hall–Kier alpha value is -1.10. The average molecular weight is 142 g/mol. The van der Waals surface area contributed by atoms with Crippen molar-refractivity contribution in [2.24, 2.45) is 21.7 Å². The van der Waals surface area contributed by atoms with E-state index in [1.54, 1.807) is 0 Å². The van der Waals surface area contributed by atoms with Crippen LogP contribution in [0.15, 0.2) is 10.2 Å². The van der Waals surface area contributed by atoms with E-state index in [-0.39, 0.29) is 5.96 Å². The summed E-state index contributed by atoms with van der Waals surface area (Å²) in [5.41, 5.74) is 11.0. The third kappa shape index (κ3) is 2.02. The molecule has 0 spiro atoms. The molecule has 0 aliphatic carbocycles. The van der Waals surface area contributed by atoms with Crippen LogP contribution in [0.1, 0.15) is 6.42 Å². The van der Waals surface area contributed by atoms with Gasteiger partial charge in [0, 0.05) is 6.42 Å². The molecular weight excluding hydrogens is 132 g/mol. The molecule has 1 aliphatic rings. The fraction of sp³-hybridized carbons (Fsp3) is 0.600. The van der Waals surface area contributed by atoms with Crippen molar-refractivity contribution in [3.8, 4) is 0 Å². The summed E-state index contributed by atoms with van der Waals surface area (Å²) in [5, 5.41) is 7.24. The second kappa shape index (κ2) is 3.17. The van der Waals surface area contributed by atoms with Gasteiger partial charge < -0.3 is 16.2 Å². The van der Waals surface area contributed by atoms with Crippen LogP contribution in [0.2, 0.25) is 0 Å². The highest BCUT2D eigenvalue weighted by molar-refractivity contribution is 5.87. The minimum atomic E-state index is -0.0144. The Morgan fingerprint density at radius 1 is 1.50 bits per heavy atom. The van der Waals surface area contributed by atoms with Crippen LogP contribution >= 0.6 is 0 Å². The van der Waals surface area contributed by atoms with Crippen LogP contribution in [-0.4, -0.2) is 24.9 Å². The van der Waals surface area contributed by atoms with E-state index in [0.717, 1.165) is 18.7 Å². The van der Waals surface area contributed by atoms with E-state index in [1.807, 2.05) is 0 Å². The highest BCUT2D eigenvalue weighted by Crippen LogP contribution is 1.99. The lowest BCUT2D eigenvalue weighted by molar-refractivity contribution is 0.209. The van der Waals surface area contributed by atoms with E-state index in [0.29, 0.717) is 6.61 Å². The molecule has 1 rings (SSSR count). The Morgan fingerprint density at radius 2 is 2.30 bits per heavy atom. The van der Waals surface area contributed by atoms with E-state index in [4.69, 9.17) is 16.2 Å². The molecule has 0 aromatic carbocycles. The lowest BCUT2D eigenvalue weighted by Gasteiger charge is -1.87. The first-order valence-corrected chi connectivity index (χ1v) is 3.01. The maximum atomic E-state index is 5.05. The van der Waals surface area contributed by atoms with Crippen LogP contribution in [0, 0.1) is 0 Å². The summed E-state index contributed by atoms with van der Waals surface area (Å²) in [5.74, 6) is -0.0144. The number of guanidine groups is 1. The molecule has 0 bridgehead atoms. The molecule has 0 atom stereocenters. The van der Waals surface area contributed by atoms with Gasteiger partial charge >= 0.3 is 0 Å². The number of hydrogen-bond acceptors (Lipinski definition) is 3. The van der Waals surface area contributed by atoms with Gasteiger partial charge in [0.25, 0.3) is 0 Å². The molecule has 1 aliphatic heterocycles. The summed E-state index contributed by atoms with van der Waals surface area (Å²) in [4.78, 5) is 0. The van der Waals surface area contributed by atoms with Gasteiger partial charge in [-0.2, -0.15) is 5.10 Å². The quantitative estimate of drug-likeness (QED) is 0.281. The fourth-order valence-electron chi connectivity index (χ4n) is 0.659. The number of nitrogens with two attached hydrogens (primary N) is 2. The first kappa shape index (κ1) is 7.01. The molecule has 0 saturated carbocycles. The molecule has 0 amide bonds. The summed E-state index contributed by atoms with van der Waals surface area (Å²) in [6, 6.07) is 0. The highest BCUT2D eigenvalue weighted by atomic mass is 16.5. The van der Waals surface area contributed by atoms with Crippen LogP contribution in [0.5, 0.6) is 0 Å². The third-order valence-electron chi connectivity index (χ3n) is 1.11. The van der Waals surface area contributed by atoms with Gasteiger partial charge in [-0.1, -0.05) is 0 Å². The molecule has 5 nitrogen and oxygen atoms in total. The van der Waals surface area contributed by atoms with Crippen LogP contribution < -0.4 is 11.5 Å². The second-order valence-corrected chi connectivity index (χ2v) is 1.99. The molecule has 10 heavy (non-hydrogen) atoms. The molecule has 0 unspecified atom stereocenters. The summed E-state index contributed by atoms with van der Waals surface area (Å²) < 4.78 is 5.01. The van der Waals surface area contributed by atoms with Crippen molar-refractivity contribution < 1.29 is 4.74 Å². The molecule has 0 aromatic rings. The van der Waals surface area contributed by atoms with Gasteiger partial charge in [-0.3, -0.25) is 0 Å². The van der Waals surface area contributed by atoms with Crippen LogP contribution in [0.3, 0.4) is 0 Å². The average Bonchev–Trinajstić information content (AvgIpc) is 2.34. The lowest BCUT2D eigenvalue weighted by Crippen LogP contribution is -2.22. The standard InChI is InChI=1S/C5H10N4O/c6-5(7)9-8-4-1-2-10-3-4/h1-3H2,(H4,6,7,9)/b8-4-. The lowest BCUT2D eigenvalue weighted by atomic mass is 10.3. The molecule has 1 saturated heterocycles. The monoisotopic (exact) mass is 142 g/mol. The SMILES string of the molecule is NC(N)=N/N=C1/CCOC1. The number of ether oxygens (including phenoxy) is 1. The fourth-order valence-corrected chi connectivity index (χ4v) is 0.659. The number of rotatable bonds is 1. The molecule has 5 heteroatoms. The maximum Gasteiger partial charge on any atom is 0.211 e. The summed E-state index contributed by atoms with van der Waals surface area (Å²) >= 11 is 0. The van der Waals surface area contributed by atoms with Gasteiger partial charge in [-0.15, -0.1) is 5.10 Å². The van der Waals surface area contributed by atoms with Crippen molar-refractivity contribution in [3.63, 3.8) is 0 Å². The van der Waals surface area contributed by atoms with Crippen molar-refractivity contribution >= 4 is 11.7 Å². The maximum absolute atomic E-state index is 5.05. The highest BCUT2D eigenvalue weighted by Gasteiger charge is 2.07. The van der Waals surface area contributed by atoms with E-state index in [9.17, 15) is 0 Å². The van der Waals surface area contributed by atoms with Gasteiger partial charge in [0.2, 0.25) is 5.96 Å². The van der Waals surface area contributed by atoms with Crippen molar-refractivity contribution in [3.05, 3.63) is 0 Å². The minimum Gasteiger partial charge on any atom is -0.375 e. The van der Waals surface area contributed by atoms with Gasteiger partial charge in [-0.25, -0.2) is 0 Å². The van der Waals surface area contributed by atoms with E-state index in [2.05, 4.69) is 10.2 Å². The van der Waals surface area contributed by atoms with Crippen LogP contribution in [0.4, 0.5) is 0 Å². The number of nitrogens with zero attached hydrogens (tertiary/aromatic N) is 2. The van der Waals surface area contributed by atoms with E-state index < -0.39 is 0 Å². The predicted octanol–water partition coefficient (Wildman–Crippen LogP) is -0.964. The zero-order valence-electron chi connectivity index (χ0n) is 5.58. The van der Waals surface area contributed by atoms with Crippen LogP contribution in [0.25, 0.3) is 0 Å². The number of hydrogen-bond donors (Lipinski definition) is 2. The zero-order chi connectivity index (χ0) is 7.40. The first-order valence-electron chi connectivity index (χ1n) is 3.01. The molecular formula is C5H10N4O. The summed E-state index contributed by atoms with van der Waals surface area (Å²) in [7, 11) is 0. The minimum absolute atomic E-state index is 0.0144. The van der Waals surface area contributed by atoms with Crippen molar-refractivity contribution in [1.82, 2.24) is 0 Å². The third-order valence-corrected chi connectivity index (χ3v) is 1.11. The predicted molar refractivity (Wildman–Crippen MR) is 38.7 cm³/mol. The molecule has 0 aromatic heterocycles. The van der Waals surface area contributed by atoms with Gasteiger partial charge in [0.1, 0.15) is 0 Å². The normalized spacial score (nSPS) is 21.4. The Bertz CT molecular complexity index is 162. The summed E-state index contributed by atoms with van der Waals surface area (Å²) in [6.07, 6.45) is 0.830. The molecule has 56 valence electrons. The molecule has 4 N–H and O–H groups in total. The first-order chi connectivity index (χ1) is 4.79. The van der Waals surface area contributed by atoms with Crippen molar-refractivity contribution in [1.29, 1.82) is 0 Å². The Morgan fingerprint density at radius 3 is 2.80 bits per heavy atom. The largest absolute Gasteiger partial charge is 0.375 e. The Labute approximate surface area is 58.7 Å². The topological polar surface area (TPSA) is 86.0 Å². The molecule has 1 heterocycles. The second-order valence-electron chi connectivity index (χ2n) is 1.99. The van der Waals surface area contributed by atoms with Crippen LogP contribution in [-0.2, 0) is 4.74 Å². The van der Waals surface area contributed by atoms with Gasteiger partial charge in [0.15, 0.2) is 0 Å². The van der Waals surface area contributed by atoms with E-state index >= 15 is 0 Å². The Kier molecular flexibility index (Phi) is 2.22.